The highest BCUT2D eigenvalue weighted by Crippen LogP contribution is 2.31. The van der Waals surface area contributed by atoms with Crippen molar-refractivity contribution in [3.8, 4) is 0 Å². The van der Waals surface area contributed by atoms with Gasteiger partial charge in [0.25, 0.3) is 0 Å². The zero-order chi connectivity index (χ0) is 12.4. The topological polar surface area (TPSA) is 18.5 Å². The van der Waals surface area contributed by atoms with Crippen LogP contribution in [0.1, 0.15) is 78.1 Å². The van der Waals surface area contributed by atoms with Crippen molar-refractivity contribution < 1.29 is 9.47 Å². The highest BCUT2D eigenvalue weighted by Gasteiger charge is 2.33. The Kier molecular flexibility index (Phi) is 7.87. The van der Waals surface area contributed by atoms with Crippen LogP contribution in [0.3, 0.4) is 0 Å². The first-order valence-corrected chi connectivity index (χ1v) is 7.61. The molecule has 2 heteroatoms. The van der Waals surface area contributed by atoms with Gasteiger partial charge in [0.05, 0.1) is 13.2 Å². The molecule has 1 aliphatic heterocycles. The van der Waals surface area contributed by atoms with E-state index in [0.29, 0.717) is 0 Å². The van der Waals surface area contributed by atoms with Gasteiger partial charge in [0.1, 0.15) is 0 Å². The highest BCUT2D eigenvalue weighted by atomic mass is 16.7. The van der Waals surface area contributed by atoms with Crippen LogP contribution in [-0.4, -0.2) is 19.0 Å². The van der Waals surface area contributed by atoms with Gasteiger partial charge in [-0.15, -0.1) is 0 Å². The predicted octanol–water partition coefficient (Wildman–Crippen LogP) is 4.67. The molecule has 0 aromatic carbocycles. The SMILES string of the molecule is CCCCCCC1(CCCCC)OCCCO1. The molecule has 1 fully saturated rings. The number of hydrogen-bond donors (Lipinski definition) is 0. The average Bonchev–Trinajstić information content (AvgIpc) is 2.36. The molecule has 1 saturated heterocycles. The molecular weight excluding hydrogens is 212 g/mol. The van der Waals surface area contributed by atoms with E-state index < -0.39 is 0 Å². The summed E-state index contributed by atoms with van der Waals surface area (Å²) in [4.78, 5) is 0. The molecule has 0 saturated carbocycles. The molecule has 0 aromatic heterocycles. The van der Waals surface area contributed by atoms with Crippen molar-refractivity contribution in [3.63, 3.8) is 0 Å². The van der Waals surface area contributed by atoms with Crippen LogP contribution in [0.2, 0.25) is 0 Å². The van der Waals surface area contributed by atoms with Crippen LogP contribution in [0, 0.1) is 0 Å². The van der Waals surface area contributed by atoms with Gasteiger partial charge in [0.15, 0.2) is 5.79 Å². The quantitative estimate of drug-likeness (QED) is 0.547. The molecule has 102 valence electrons. The summed E-state index contributed by atoms with van der Waals surface area (Å²) >= 11 is 0. The first kappa shape index (κ1) is 15.0. The van der Waals surface area contributed by atoms with Gasteiger partial charge in [0.2, 0.25) is 0 Å². The largest absolute Gasteiger partial charge is 0.350 e. The third-order valence-corrected chi connectivity index (χ3v) is 3.59. The van der Waals surface area contributed by atoms with E-state index >= 15 is 0 Å². The zero-order valence-electron chi connectivity index (χ0n) is 11.8. The fourth-order valence-electron chi connectivity index (χ4n) is 2.50. The Morgan fingerprint density at radius 3 is 1.88 bits per heavy atom. The summed E-state index contributed by atoms with van der Waals surface area (Å²) in [7, 11) is 0. The van der Waals surface area contributed by atoms with Crippen LogP contribution in [0.15, 0.2) is 0 Å². The van der Waals surface area contributed by atoms with Crippen LogP contribution < -0.4 is 0 Å². The van der Waals surface area contributed by atoms with Crippen LogP contribution in [0.25, 0.3) is 0 Å². The Bertz CT molecular complexity index is 174. The van der Waals surface area contributed by atoms with Gasteiger partial charge in [-0.25, -0.2) is 0 Å². The minimum absolute atomic E-state index is 0.221. The van der Waals surface area contributed by atoms with Gasteiger partial charge in [-0.05, 0) is 19.3 Å². The van der Waals surface area contributed by atoms with Crippen molar-refractivity contribution in [2.24, 2.45) is 0 Å². The van der Waals surface area contributed by atoms with Gasteiger partial charge in [0, 0.05) is 12.8 Å². The third kappa shape index (κ3) is 5.87. The minimum atomic E-state index is -0.221. The average molecular weight is 242 g/mol. The van der Waals surface area contributed by atoms with Crippen molar-refractivity contribution in [1.29, 1.82) is 0 Å². The Balaban J connectivity index is 2.29. The second kappa shape index (κ2) is 8.93. The molecule has 0 aromatic rings. The maximum Gasteiger partial charge on any atom is 0.168 e. The van der Waals surface area contributed by atoms with Crippen LogP contribution >= 0.6 is 0 Å². The Hall–Kier alpha value is -0.0800. The zero-order valence-corrected chi connectivity index (χ0v) is 11.8. The summed E-state index contributed by atoms with van der Waals surface area (Å²) in [6, 6.07) is 0. The summed E-state index contributed by atoms with van der Waals surface area (Å²) in [5.74, 6) is -0.221. The van der Waals surface area contributed by atoms with Crippen LogP contribution in [0.5, 0.6) is 0 Å². The molecule has 1 rings (SSSR count). The number of unbranched alkanes of at least 4 members (excludes halogenated alkanes) is 5. The van der Waals surface area contributed by atoms with Crippen LogP contribution in [-0.2, 0) is 9.47 Å². The van der Waals surface area contributed by atoms with Gasteiger partial charge in [-0.2, -0.15) is 0 Å². The fourth-order valence-corrected chi connectivity index (χ4v) is 2.50. The second-order valence-electron chi connectivity index (χ2n) is 5.23. The molecule has 17 heavy (non-hydrogen) atoms. The summed E-state index contributed by atoms with van der Waals surface area (Å²) < 4.78 is 11.9. The lowest BCUT2D eigenvalue weighted by Gasteiger charge is -2.37. The predicted molar refractivity (Wildman–Crippen MR) is 72.2 cm³/mol. The number of hydrogen-bond acceptors (Lipinski definition) is 2. The fraction of sp³-hybridized carbons (Fsp3) is 1.00. The van der Waals surface area contributed by atoms with E-state index in [1.807, 2.05) is 0 Å². The summed E-state index contributed by atoms with van der Waals surface area (Å²) in [5.41, 5.74) is 0. The Labute approximate surface area is 107 Å². The molecule has 0 amide bonds. The second-order valence-corrected chi connectivity index (χ2v) is 5.23. The lowest BCUT2D eigenvalue weighted by Crippen LogP contribution is -2.40. The molecule has 0 unspecified atom stereocenters. The third-order valence-electron chi connectivity index (χ3n) is 3.59. The molecular formula is C15H30O2. The summed E-state index contributed by atoms with van der Waals surface area (Å²) in [6.45, 7) is 6.28. The van der Waals surface area contributed by atoms with Crippen molar-refractivity contribution in [3.05, 3.63) is 0 Å². The molecule has 2 nitrogen and oxygen atoms in total. The summed E-state index contributed by atoms with van der Waals surface area (Å²) in [5, 5.41) is 0. The maximum atomic E-state index is 5.97. The van der Waals surface area contributed by atoms with E-state index in [1.54, 1.807) is 0 Å². The monoisotopic (exact) mass is 242 g/mol. The van der Waals surface area contributed by atoms with Crippen molar-refractivity contribution in [2.75, 3.05) is 13.2 Å². The van der Waals surface area contributed by atoms with Gasteiger partial charge in [-0.1, -0.05) is 46.0 Å². The highest BCUT2D eigenvalue weighted by molar-refractivity contribution is 4.73. The molecule has 0 aliphatic carbocycles. The number of ether oxygens (including phenoxy) is 2. The molecule has 0 spiro atoms. The summed E-state index contributed by atoms with van der Waals surface area (Å²) in [6.07, 6.45) is 12.3. The lowest BCUT2D eigenvalue weighted by atomic mass is 9.99. The smallest absolute Gasteiger partial charge is 0.168 e. The van der Waals surface area contributed by atoms with Crippen molar-refractivity contribution in [2.45, 2.75) is 83.8 Å². The minimum Gasteiger partial charge on any atom is -0.350 e. The first-order chi connectivity index (χ1) is 8.33. The Morgan fingerprint density at radius 2 is 1.29 bits per heavy atom. The lowest BCUT2D eigenvalue weighted by molar-refractivity contribution is -0.274. The Morgan fingerprint density at radius 1 is 0.765 bits per heavy atom. The van der Waals surface area contributed by atoms with Gasteiger partial charge in [-0.3, -0.25) is 0 Å². The first-order valence-electron chi connectivity index (χ1n) is 7.61. The van der Waals surface area contributed by atoms with E-state index in [0.717, 1.165) is 32.5 Å². The van der Waals surface area contributed by atoms with Crippen molar-refractivity contribution >= 4 is 0 Å². The van der Waals surface area contributed by atoms with E-state index in [1.165, 1.54) is 44.9 Å². The standard InChI is InChI=1S/C15H30O2/c1-3-5-7-9-12-15(11-8-6-4-2)16-13-10-14-17-15/h3-14H2,1-2H3. The van der Waals surface area contributed by atoms with E-state index in [2.05, 4.69) is 13.8 Å². The van der Waals surface area contributed by atoms with E-state index in [9.17, 15) is 0 Å². The maximum absolute atomic E-state index is 5.97. The molecule has 0 bridgehead atoms. The van der Waals surface area contributed by atoms with Gasteiger partial charge < -0.3 is 9.47 Å². The van der Waals surface area contributed by atoms with Gasteiger partial charge >= 0.3 is 0 Å². The number of rotatable bonds is 9. The molecule has 0 N–H and O–H groups in total. The molecule has 1 heterocycles. The van der Waals surface area contributed by atoms with Crippen LogP contribution in [0.4, 0.5) is 0 Å². The molecule has 0 radical (unpaired) electrons. The van der Waals surface area contributed by atoms with E-state index in [-0.39, 0.29) is 5.79 Å². The van der Waals surface area contributed by atoms with Crippen molar-refractivity contribution in [1.82, 2.24) is 0 Å². The molecule has 1 aliphatic rings. The molecule has 0 atom stereocenters. The van der Waals surface area contributed by atoms with E-state index in [4.69, 9.17) is 9.47 Å². The normalized spacial score (nSPS) is 19.4.